The number of hydrogen-bond acceptors (Lipinski definition) is 4. The van der Waals surface area contributed by atoms with Gasteiger partial charge in [0.1, 0.15) is 0 Å². The fraction of sp³-hybridized carbons (Fsp3) is 1.00. The Balaban J connectivity index is 2.42. The van der Waals surface area contributed by atoms with Gasteiger partial charge in [-0.05, 0) is 18.8 Å². The van der Waals surface area contributed by atoms with Gasteiger partial charge in [-0.2, -0.15) is 0 Å². The lowest BCUT2D eigenvalue weighted by molar-refractivity contribution is 0.0900. The van der Waals surface area contributed by atoms with Gasteiger partial charge in [0.25, 0.3) is 0 Å². The average Bonchev–Trinajstić information content (AvgIpc) is 2.17. The molecule has 1 rings (SSSR count). The summed E-state index contributed by atoms with van der Waals surface area (Å²) in [6.45, 7) is 6.59. The zero-order chi connectivity index (χ0) is 12.4. The summed E-state index contributed by atoms with van der Waals surface area (Å²) < 4.78 is 31.1. The molecule has 0 heterocycles. The zero-order valence-corrected chi connectivity index (χ0v) is 11.0. The minimum absolute atomic E-state index is 0.0165. The molecule has 0 spiro atoms. The van der Waals surface area contributed by atoms with E-state index in [4.69, 9.17) is 10.5 Å². The van der Waals surface area contributed by atoms with E-state index in [9.17, 15) is 8.42 Å². The van der Waals surface area contributed by atoms with Gasteiger partial charge in [-0.15, -0.1) is 0 Å². The highest BCUT2D eigenvalue weighted by Gasteiger charge is 2.47. The van der Waals surface area contributed by atoms with Crippen LogP contribution in [0.4, 0.5) is 0 Å². The molecule has 3 N–H and O–H groups in total. The second-order valence-electron chi connectivity index (χ2n) is 4.85. The Hall–Kier alpha value is -0.170. The van der Waals surface area contributed by atoms with Crippen LogP contribution < -0.4 is 10.5 Å². The van der Waals surface area contributed by atoms with Crippen LogP contribution in [0.25, 0.3) is 0 Å². The van der Waals surface area contributed by atoms with Crippen molar-refractivity contribution in [3.8, 4) is 0 Å². The van der Waals surface area contributed by atoms with Crippen LogP contribution in [-0.4, -0.2) is 39.5 Å². The highest BCUT2D eigenvalue weighted by Crippen LogP contribution is 2.39. The second-order valence-corrected chi connectivity index (χ2v) is 6.72. The van der Waals surface area contributed by atoms with Crippen molar-refractivity contribution in [3.05, 3.63) is 0 Å². The van der Waals surface area contributed by atoms with Crippen molar-refractivity contribution in [2.45, 2.75) is 39.3 Å². The summed E-state index contributed by atoms with van der Waals surface area (Å²) in [5, 5.41) is 0. The van der Waals surface area contributed by atoms with Crippen molar-refractivity contribution in [1.82, 2.24) is 4.72 Å². The molecule has 2 atom stereocenters. The largest absolute Gasteiger partial charge is 0.381 e. The Morgan fingerprint density at radius 1 is 1.50 bits per heavy atom. The normalized spacial score (nSPS) is 28.8. The minimum Gasteiger partial charge on any atom is -0.381 e. The maximum absolute atomic E-state index is 11.7. The first kappa shape index (κ1) is 13.9. The lowest BCUT2D eigenvalue weighted by atomic mass is 9.64. The summed E-state index contributed by atoms with van der Waals surface area (Å²) in [5.41, 5.74) is 5.67. The Labute approximate surface area is 97.8 Å². The van der Waals surface area contributed by atoms with E-state index >= 15 is 0 Å². The first-order chi connectivity index (χ1) is 7.29. The first-order valence-corrected chi connectivity index (χ1v) is 7.28. The number of sulfonamides is 1. The van der Waals surface area contributed by atoms with Crippen LogP contribution in [0.1, 0.15) is 27.2 Å². The molecule has 1 aliphatic rings. The molecule has 0 aliphatic heterocycles. The van der Waals surface area contributed by atoms with Gasteiger partial charge in [-0.1, -0.05) is 13.8 Å². The van der Waals surface area contributed by atoms with Crippen LogP contribution in [0.2, 0.25) is 0 Å². The molecule has 1 aliphatic carbocycles. The SMILES string of the molecule is CCOCCS(=O)(=O)NC1CC(N)C1(C)C. The summed E-state index contributed by atoms with van der Waals surface area (Å²) in [4.78, 5) is 0. The molecular formula is C10H22N2O3S. The summed E-state index contributed by atoms with van der Waals surface area (Å²) in [7, 11) is -3.24. The van der Waals surface area contributed by atoms with Crippen molar-refractivity contribution in [2.75, 3.05) is 19.0 Å². The van der Waals surface area contributed by atoms with Gasteiger partial charge in [-0.25, -0.2) is 13.1 Å². The van der Waals surface area contributed by atoms with Crippen LogP contribution in [0.3, 0.4) is 0 Å². The molecule has 0 aromatic rings. The molecule has 16 heavy (non-hydrogen) atoms. The number of ether oxygens (including phenoxy) is 1. The molecule has 6 heteroatoms. The predicted molar refractivity (Wildman–Crippen MR) is 63.6 cm³/mol. The standard InChI is InChI=1S/C10H22N2O3S/c1-4-15-5-6-16(13,14)12-9-7-8(11)10(9,2)3/h8-9,12H,4-7,11H2,1-3H3. The van der Waals surface area contributed by atoms with E-state index in [1.807, 2.05) is 20.8 Å². The number of nitrogens with one attached hydrogen (secondary N) is 1. The van der Waals surface area contributed by atoms with Crippen LogP contribution >= 0.6 is 0 Å². The second kappa shape index (κ2) is 5.00. The number of rotatable bonds is 6. The van der Waals surface area contributed by atoms with E-state index < -0.39 is 10.0 Å². The third-order valence-electron chi connectivity index (χ3n) is 3.37. The maximum Gasteiger partial charge on any atom is 0.214 e. The molecule has 0 radical (unpaired) electrons. The van der Waals surface area contributed by atoms with Crippen LogP contribution in [0, 0.1) is 5.41 Å². The van der Waals surface area contributed by atoms with Crippen molar-refractivity contribution in [2.24, 2.45) is 11.1 Å². The van der Waals surface area contributed by atoms with E-state index in [0.29, 0.717) is 13.0 Å². The Morgan fingerprint density at radius 2 is 2.12 bits per heavy atom. The quantitative estimate of drug-likeness (QED) is 0.654. The van der Waals surface area contributed by atoms with Crippen LogP contribution in [0.15, 0.2) is 0 Å². The van der Waals surface area contributed by atoms with E-state index in [1.165, 1.54) is 0 Å². The van der Waals surface area contributed by atoms with E-state index in [-0.39, 0.29) is 29.9 Å². The Morgan fingerprint density at radius 3 is 2.56 bits per heavy atom. The zero-order valence-electron chi connectivity index (χ0n) is 10.2. The molecule has 0 aromatic carbocycles. The Bertz CT molecular complexity index is 327. The summed E-state index contributed by atoms with van der Waals surface area (Å²) in [5.74, 6) is 0.0165. The fourth-order valence-corrected chi connectivity index (χ4v) is 3.04. The van der Waals surface area contributed by atoms with E-state index in [1.54, 1.807) is 0 Å². The topological polar surface area (TPSA) is 81.4 Å². The Kier molecular flexibility index (Phi) is 4.34. The molecule has 2 unspecified atom stereocenters. The van der Waals surface area contributed by atoms with Gasteiger partial charge in [0.2, 0.25) is 10.0 Å². The molecule has 96 valence electrons. The lowest BCUT2D eigenvalue weighted by Crippen LogP contribution is -2.64. The molecular weight excluding hydrogens is 228 g/mol. The summed E-state index contributed by atoms with van der Waals surface area (Å²) in [6, 6.07) is 0.0289. The fourth-order valence-electron chi connectivity index (χ4n) is 1.75. The molecule has 0 amide bonds. The highest BCUT2D eigenvalue weighted by atomic mass is 32.2. The molecule has 1 saturated carbocycles. The van der Waals surface area contributed by atoms with Crippen molar-refractivity contribution in [1.29, 1.82) is 0 Å². The molecule has 0 aromatic heterocycles. The monoisotopic (exact) mass is 250 g/mol. The molecule has 1 fully saturated rings. The minimum atomic E-state index is -3.24. The van der Waals surface area contributed by atoms with Gasteiger partial charge in [0, 0.05) is 18.7 Å². The van der Waals surface area contributed by atoms with Gasteiger partial charge >= 0.3 is 0 Å². The third-order valence-corrected chi connectivity index (χ3v) is 4.71. The van der Waals surface area contributed by atoms with E-state index in [2.05, 4.69) is 4.72 Å². The summed E-state index contributed by atoms with van der Waals surface area (Å²) >= 11 is 0. The molecule has 0 saturated heterocycles. The van der Waals surface area contributed by atoms with Gasteiger partial charge in [0.05, 0.1) is 12.4 Å². The highest BCUT2D eigenvalue weighted by molar-refractivity contribution is 7.89. The number of nitrogens with two attached hydrogens (primary N) is 1. The third kappa shape index (κ3) is 3.16. The van der Waals surface area contributed by atoms with Gasteiger partial charge in [-0.3, -0.25) is 0 Å². The lowest BCUT2D eigenvalue weighted by Gasteiger charge is -2.50. The maximum atomic E-state index is 11.7. The molecule has 5 nitrogen and oxygen atoms in total. The van der Waals surface area contributed by atoms with Crippen LogP contribution in [-0.2, 0) is 14.8 Å². The van der Waals surface area contributed by atoms with Crippen LogP contribution in [0.5, 0.6) is 0 Å². The van der Waals surface area contributed by atoms with Crippen molar-refractivity contribution >= 4 is 10.0 Å². The summed E-state index contributed by atoms with van der Waals surface area (Å²) in [6.07, 6.45) is 0.709. The van der Waals surface area contributed by atoms with Crippen molar-refractivity contribution in [3.63, 3.8) is 0 Å². The van der Waals surface area contributed by atoms with Crippen molar-refractivity contribution < 1.29 is 13.2 Å². The smallest absolute Gasteiger partial charge is 0.214 e. The van der Waals surface area contributed by atoms with E-state index in [0.717, 1.165) is 0 Å². The van der Waals surface area contributed by atoms with Gasteiger partial charge < -0.3 is 10.5 Å². The number of hydrogen-bond donors (Lipinski definition) is 2. The average molecular weight is 250 g/mol. The van der Waals surface area contributed by atoms with Gasteiger partial charge in [0.15, 0.2) is 0 Å². The predicted octanol–water partition coefficient (Wildman–Crippen LogP) is 0.0681. The first-order valence-electron chi connectivity index (χ1n) is 5.63. The molecule has 0 bridgehead atoms.